The molecule has 1 unspecified atom stereocenters. The zero-order chi connectivity index (χ0) is 11.3. The largest absolute Gasteiger partial charge is 1.00 e. The van der Waals surface area contributed by atoms with Crippen LogP contribution in [0.5, 0.6) is 0 Å². The molecular formula is C10H11N2NaO3. The predicted octanol–water partition coefficient (Wildman–Crippen LogP) is -3.32. The van der Waals surface area contributed by atoms with E-state index >= 15 is 0 Å². The van der Waals surface area contributed by atoms with Gasteiger partial charge in [-0.05, 0) is 19.1 Å². The van der Waals surface area contributed by atoms with Crippen molar-refractivity contribution in [2.24, 2.45) is 0 Å². The van der Waals surface area contributed by atoms with Crippen LogP contribution in [0.1, 0.15) is 6.92 Å². The van der Waals surface area contributed by atoms with Crippen molar-refractivity contribution in [3.8, 4) is 0 Å². The average molecular weight is 230 g/mol. The minimum Gasteiger partial charge on any atom is -0.547 e. The number of benzene rings is 1. The number of rotatable bonds is 1. The number of H-pyrrole nitrogens is 1. The first-order valence-corrected chi connectivity index (χ1v) is 4.38. The SMILES string of the molecule is CC(O)C(=O)[O-].[Na+].c1ccc2[nH]cnc2c1. The molecule has 1 atom stereocenters. The van der Waals surface area contributed by atoms with E-state index in [4.69, 9.17) is 5.11 Å². The Hall–Kier alpha value is -0.880. The van der Waals surface area contributed by atoms with E-state index in [1.165, 1.54) is 0 Å². The molecule has 0 saturated carbocycles. The molecule has 0 fully saturated rings. The second-order valence-corrected chi connectivity index (χ2v) is 2.91. The van der Waals surface area contributed by atoms with Gasteiger partial charge < -0.3 is 20.0 Å². The number of fused-ring (bicyclic) bond motifs is 1. The summed E-state index contributed by atoms with van der Waals surface area (Å²) in [5.74, 6) is -1.44. The van der Waals surface area contributed by atoms with Gasteiger partial charge in [-0.1, -0.05) is 12.1 Å². The second-order valence-electron chi connectivity index (χ2n) is 2.91. The van der Waals surface area contributed by atoms with Crippen molar-refractivity contribution < 1.29 is 44.6 Å². The van der Waals surface area contributed by atoms with Crippen molar-refractivity contribution in [2.45, 2.75) is 13.0 Å². The van der Waals surface area contributed by atoms with Crippen molar-refractivity contribution in [3.05, 3.63) is 30.6 Å². The molecule has 1 heterocycles. The number of carbonyl (C=O) groups excluding carboxylic acids is 1. The van der Waals surface area contributed by atoms with Crippen molar-refractivity contribution in [1.82, 2.24) is 9.97 Å². The standard InChI is InChI=1S/C7H6N2.C3H6O3.Na/c1-2-4-7-6(3-1)8-5-9-7;1-2(4)3(5)6;/h1-5H,(H,8,9);2,4H,1H3,(H,5,6);/q;;+1/p-1. The van der Waals surface area contributed by atoms with Gasteiger partial charge in [0, 0.05) is 0 Å². The average Bonchev–Trinajstić information content (AvgIpc) is 2.66. The van der Waals surface area contributed by atoms with Crippen LogP contribution in [0.4, 0.5) is 0 Å². The Balaban J connectivity index is 0.000000289. The zero-order valence-electron chi connectivity index (χ0n) is 9.18. The second kappa shape index (κ2) is 7.40. The van der Waals surface area contributed by atoms with Crippen LogP contribution in [0.25, 0.3) is 11.0 Å². The number of aliphatic hydroxyl groups is 1. The summed E-state index contributed by atoms with van der Waals surface area (Å²) in [5, 5.41) is 17.3. The maximum Gasteiger partial charge on any atom is 1.00 e. The third-order valence-corrected chi connectivity index (χ3v) is 1.67. The van der Waals surface area contributed by atoms with Gasteiger partial charge in [0.05, 0.1) is 29.4 Å². The van der Waals surface area contributed by atoms with E-state index in [1.807, 2.05) is 24.3 Å². The molecule has 0 radical (unpaired) electrons. The van der Waals surface area contributed by atoms with Gasteiger partial charge >= 0.3 is 29.6 Å². The number of carboxylic acid groups (broad SMARTS) is 1. The van der Waals surface area contributed by atoms with Crippen LogP contribution in [0, 0.1) is 0 Å². The molecule has 0 saturated heterocycles. The maximum atomic E-state index is 9.34. The topological polar surface area (TPSA) is 89.0 Å². The molecule has 0 bridgehead atoms. The fourth-order valence-corrected chi connectivity index (χ4v) is 0.880. The Morgan fingerprint density at radius 1 is 1.50 bits per heavy atom. The first-order valence-electron chi connectivity index (χ1n) is 4.38. The number of hydrogen-bond acceptors (Lipinski definition) is 4. The molecule has 16 heavy (non-hydrogen) atoms. The molecule has 0 aliphatic carbocycles. The van der Waals surface area contributed by atoms with Crippen molar-refractivity contribution in [1.29, 1.82) is 0 Å². The molecule has 2 aromatic rings. The van der Waals surface area contributed by atoms with E-state index in [2.05, 4.69) is 9.97 Å². The molecule has 2 rings (SSSR count). The Morgan fingerprint density at radius 3 is 2.56 bits per heavy atom. The first kappa shape index (κ1) is 15.1. The summed E-state index contributed by atoms with van der Waals surface area (Å²) >= 11 is 0. The Morgan fingerprint density at radius 2 is 2.06 bits per heavy atom. The predicted molar refractivity (Wildman–Crippen MR) is 52.8 cm³/mol. The molecule has 6 heteroatoms. The van der Waals surface area contributed by atoms with E-state index in [1.54, 1.807) is 6.33 Å². The van der Waals surface area contributed by atoms with Crippen LogP contribution in [0.3, 0.4) is 0 Å². The number of nitrogens with one attached hydrogen (secondary N) is 1. The molecule has 0 amide bonds. The Labute approximate surface area is 115 Å². The molecule has 0 aliphatic rings. The smallest absolute Gasteiger partial charge is 0.547 e. The van der Waals surface area contributed by atoms with E-state index in [-0.39, 0.29) is 29.6 Å². The van der Waals surface area contributed by atoms with Crippen LogP contribution in [0.2, 0.25) is 0 Å². The van der Waals surface area contributed by atoms with Gasteiger partial charge in [-0.3, -0.25) is 0 Å². The van der Waals surface area contributed by atoms with Crippen LogP contribution in [0.15, 0.2) is 30.6 Å². The molecule has 2 N–H and O–H groups in total. The Bertz CT molecular complexity index is 412. The molecule has 80 valence electrons. The van der Waals surface area contributed by atoms with Gasteiger partial charge in [-0.25, -0.2) is 4.98 Å². The minimum absolute atomic E-state index is 0. The maximum absolute atomic E-state index is 9.34. The number of nitrogens with zero attached hydrogens (tertiary/aromatic N) is 1. The molecule has 1 aromatic carbocycles. The number of imidazole rings is 1. The molecule has 0 spiro atoms. The summed E-state index contributed by atoms with van der Waals surface area (Å²) in [4.78, 5) is 16.4. The van der Waals surface area contributed by atoms with Crippen LogP contribution in [-0.4, -0.2) is 27.1 Å². The summed E-state index contributed by atoms with van der Waals surface area (Å²) in [5.41, 5.74) is 2.12. The zero-order valence-corrected chi connectivity index (χ0v) is 11.2. The van der Waals surface area contributed by atoms with Crippen LogP contribution in [-0.2, 0) is 4.79 Å². The van der Waals surface area contributed by atoms with Gasteiger partial charge in [-0.2, -0.15) is 0 Å². The molecule has 5 nitrogen and oxygen atoms in total. The van der Waals surface area contributed by atoms with Crippen LogP contribution >= 0.6 is 0 Å². The summed E-state index contributed by atoms with van der Waals surface area (Å²) in [6.45, 7) is 1.13. The first-order chi connectivity index (χ1) is 7.11. The number of para-hydroxylation sites is 2. The number of aliphatic hydroxyl groups excluding tert-OH is 1. The van der Waals surface area contributed by atoms with Gasteiger partial charge in [0.2, 0.25) is 0 Å². The van der Waals surface area contributed by atoms with Gasteiger partial charge in [0.25, 0.3) is 0 Å². The third-order valence-electron chi connectivity index (χ3n) is 1.67. The van der Waals surface area contributed by atoms with Crippen LogP contribution < -0.4 is 34.7 Å². The van der Waals surface area contributed by atoms with E-state index in [0.717, 1.165) is 18.0 Å². The van der Waals surface area contributed by atoms with Gasteiger partial charge in [0.1, 0.15) is 0 Å². The number of carboxylic acids is 1. The third kappa shape index (κ3) is 4.76. The van der Waals surface area contributed by atoms with Gasteiger partial charge in [0.15, 0.2) is 0 Å². The number of aromatic amines is 1. The normalized spacial score (nSPS) is 10.9. The molecule has 0 aliphatic heterocycles. The fraction of sp³-hybridized carbons (Fsp3) is 0.200. The fourth-order valence-electron chi connectivity index (χ4n) is 0.880. The van der Waals surface area contributed by atoms with E-state index in [9.17, 15) is 9.90 Å². The number of carbonyl (C=O) groups is 1. The quantitative estimate of drug-likeness (QED) is 0.502. The summed E-state index contributed by atoms with van der Waals surface area (Å²) in [6, 6.07) is 7.94. The monoisotopic (exact) mass is 230 g/mol. The van der Waals surface area contributed by atoms with E-state index < -0.39 is 12.1 Å². The molecule has 1 aromatic heterocycles. The van der Waals surface area contributed by atoms with Crippen molar-refractivity contribution >= 4 is 17.0 Å². The molecular weight excluding hydrogens is 219 g/mol. The Kier molecular flexibility index (Phi) is 7.00. The van der Waals surface area contributed by atoms with E-state index in [0.29, 0.717) is 0 Å². The van der Waals surface area contributed by atoms with Gasteiger partial charge in [-0.15, -0.1) is 0 Å². The number of aliphatic carboxylic acids is 1. The minimum atomic E-state index is -1.44. The summed E-state index contributed by atoms with van der Waals surface area (Å²) in [6.07, 6.45) is 0.356. The summed E-state index contributed by atoms with van der Waals surface area (Å²) < 4.78 is 0. The number of aromatic nitrogens is 2. The number of hydrogen-bond donors (Lipinski definition) is 2. The summed E-state index contributed by atoms with van der Waals surface area (Å²) in [7, 11) is 0. The van der Waals surface area contributed by atoms with Crippen molar-refractivity contribution in [2.75, 3.05) is 0 Å². The van der Waals surface area contributed by atoms with Crippen molar-refractivity contribution in [3.63, 3.8) is 0 Å².